The van der Waals surface area contributed by atoms with Crippen LogP contribution in [0.15, 0.2) is 40.8 Å². The second-order valence-electron chi connectivity index (χ2n) is 4.74. The number of methoxy groups -OCH3 is 1. The molecule has 0 atom stereocenters. The van der Waals surface area contributed by atoms with Gasteiger partial charge in [0.15, 0.2) is 0 Å². The fourth-order valence-corrected chi connectivity index (χ4v) is 2.59. The maximum absolute atomic E-state index is 9.52. The second kappa shape index (κ2) is 3.93. The SMILES string of the molecule is COc1ccc2c3c(oc2c1)-c1ccc(O)cc1OC3. The Kier molecular flexibility index (Phi) is 2.21. The van der Waals surface area contributed by atoms with Gasteiger partial charge in [-0.3, -0.25) is 0 Å². The minimum Gasteiger partial charge on any atom is -0.508 e. The quantitative estimate of drug-likeness (QED) is 0.731. The van der Waals surface area contributed by atoms with Gasteiger partial charge in [0.1, 0.15) is 35.2 Å². The fourth-order valence-electron chi connectivity index (χ4n) is 2.59. The van der Waals surface area contributed by atoms with Gasteiger partial charge in [-0.05, 0) is 24.3 Å². The lowest BCUT2D eigenvalue weighted by Gasteiger charge is -2.16. The van der Waals surface area contributed by atoms with Crippen LogP contribution in [0.2, 0.25) is 0 Å². The first-order valence-electron chi connectivity index (χ1n) is 6.32. The van der Waals surface area contributed by atoms with E-state index >= 15 is 0 Å². The number of fused-ring (bicyclic) bond motifs is 5. The summed E-state index contributed by atoms with van der Waals surface area (Å²) in [7, 11) is 1.63. The Hall–Kier alpha value is -2.62. The molecule has 0 aliphatic carbocycles. The Morgan fingerprint density at radius 1 is 1.15 bits per heavy atom. The third kappa shape index (κ3) is 1.48. The molecule has 0 saturated heterocycles. The zero-order valence-corrected chi connectivity index (χ0v) is 10.8. The molecule has 1 aromatic heterocycles. The second-order valence-corrected chi connectivity index (χ2v) is 4.74. The molecule has 4 heteroatoms. The first kappa shape index (κ1) is 11.2. The van der Waals surface area contributed by atoms with Crippen LogP contribution in [-0.4, -0.2) is 12.2 Å². The summed E-state index contributed by atoms with van der Waals surface area (Å²) in [6.45, 7) is 0.436. The summed E-state index contributed by atoms with van der Waals surface area (Å²) >= 11 is 0. The number of hydrogen-bond donors (Lipinski definition) is 1. The third-order valence-corrected chi connectivity index (χ3v) is 3.58. The predicted molar refractivity (Wildman–Crippen MR) is 74.2 cm³/mol. The summed E-state index contributed by atoms with van der Waals surface area (Å²) in [5.41, 5.74) is 2.67. The van der Waals surface area contributed by atoms with Gasteiger partial charge in [-0.15, -0.1) is 0 Å². The van der Waals surface area contributed by atoms with Crippen LogP contribution in [-0.2, 0) is 6.61 Å². The van der Waals surface area contributed by atoms with Crippen molar-refractivity contribution in [2.75, 3.05) is 7.11 Å². The van der Waals surface area contributed by atoms with Crippen molar-refractivity contribution in [1.82, 2.24) is 0 Å². The molecule has 100 valence electrons. The van der Waals surface area contributed by atoms with Crippen LogP contribution >= 0.6 is 0 Å². The normalized spacial score (nSPS) is 12.7. The molecule has 0 radical (unpaired) electrons. The Bertz CT molecular complexity index is 817. The molecule has 0 spiro atoms. The molecule has 2 aromatic carbocycles. The van der Waals surface area contributed by atoms with Crippen LogP contribution in [0, 0.1) is 0 Å². The van der Waals surface area contributed by atoms with Gasteiger partial charge in [-0.25, -0.2) is 0 Å². The maximum atomic E-state index is 9.52. The van der Waals surface area contributed by atoms with Gasteiger partial charge in [-0.2, -0.15) is 0 Å². The molecule has 4 rings (SSSR count). The smallest absolute Gasteiger partial charge is 0.145 e. The average Bonchev–Trinajstić information content (AvgIpc) is 2.84. The van der Waals surface area contributed by atoms with E-state index in [-0.39, 0.29) is 5.75 Å². The van der Waals surface area contributed by atoms with Gasteiger partial charge in [-0.1, -0.05) is 0 Å². The molecule has 1 aliphatic heterocycles. The summed E-state index contributed by atoms with van der Waals surface area (Å²) in [6, 6.07) is 10.8. The van der Waals surface area contributed by atoms with E-state index in [1.54, 1.807) is 19.2 Å². The molecule has 2 heterocycles. The van der Waals surface area contributed by atoms with Crippen LogP contribution in [0.1, 0.15) is 5.56 Å². The topological polar surface area (TPSA) is 51.8 Å². The number of hydrogen-bond acceptors (Lipinski definition) is 4. The molecule has 20 heavy (non-hydrogen) atoms. The molecule has 1 aliphatic rings. The molecule has 0 saturated carbocycles. The zero-order chi connectivity index (χ0) is 13.7. The molecule has 4 nitrogen and oxygen atoms in total. The van der Waals surface area contributed by atoms with Crippen LogP contribution < -0.4 is 9.47 Å². The molecule has 0 fully saturated rings. The first-order valence-corrected chi connectivity index (χ1v) is 6.32. The van der Waals surface area contributed by atoms with Crippen LogP contribution in [0.5, 0.6) is 17.2 Å². The predicted octanol–water partition coefficient (Wildman–Crippen LogP) is 3.71. The molecular weight excluding hydrogens is 256 g/mol. The van der Waals surface area contributed by atoms with Crippen molar-refractivity contribution in [2.24, 2.45) is 0 Å². The number of furan rings is 1. The third-order valence-electron chi connectivity index (χ3n) is 3.58. The highest BCUT2D eigenvalue weighted by Gasteiger charge is 2.24. The first-order chi connectivity index (χ1) is 9.76. The molecule has 0 unspecified atom stereocenters. The Balaban J connectivity index is 1.99. The number of aromatic hydroxyl groups is 1. The number of ether oxygens (including phenoxy) is 2. The van der Waals surface area contributed by atoms with E-state index in [0.717, 1.165) is 33.6 Å². The van der Waals surface area contributed by atoms with Gasteiger partial charge in [0.05, 0.1) is 12.7 Å². The summed E-state index contributed by atoms with van der Waals surface area (Å²) in [4.78, 5) is 0. The average molecular weight is 268 g/mol. The van der Waals surface area contributed by atoms with Crippen LogP contribution in [0.25, 0.3) is 22.3 Å². The molecular formula is C16H12O4. The van der Waals surface area contributed by atoms with E-state index < -0.39 is 0 Å². The summed E-state index contributed by atoms with van der Waals surface area (Å²) < 4.78 is 16.9. The van der Waals surface area contributed by atoms with Crippen LogP contribution in [0.3, 0.4) is 0 Å². The highest BCUT2D eigenvalue weighted by atomic mass is 16.5. The zero-order valence-electron chi connectivity index (χ0n) is 10.8. The van der Waals surface area contributed by atoms with E-state index in [1.165, 1.54) is 0 Å². The van der Waals surface area contributed by atoms with Gasteiger partial charge in [0, 0.05) is 23.1 Å². The highest BCUT2D eigenvalue weighted by Crippen LogP contribution is 2.44. The lowest BCUT2D eigenvalue weighted by molar-refractivity contribution is 0.298. The molecule has 3 aromatic rings. The van der Waals surface area contributed by atoms with E-state index in [2.05, 4.69) is 0 Å². The van der Waals surface area contributed by atoms with E-state index in [0.29, 0.717) is 12.4 Å². The van der Waals surface area contributed by atoms with Crippen molar-refractivity contribution in [2.45, 2.75) is 6.61 Å². The maximum Gasteiger partial charge on any atom is 0.145 e. The van der Waals surface area contributed by atoms with Crippen molar-refractivity contribution in [3.05, 3.63) is 42.0 Å². The standard InChI is InChI=1S/C16H12O4/c1-18-10-3-5-11-13-8-19-14-6-9(17)2-4-12(14)16(13)20-15(11)7-10/h2-7,17H,8H2,1H3. The Labute approximate surface area is 115 Å². The number of phenolic OH excluding ortho intramolecular Hbond substituents is 1. The Morgan fingerprint density at radius 3 is 2.90 bits per heavy atom. The summed E-state index contributed by atoms with van der Waals surface area (Å²) in [6.07, 6.45) is 0. The number of rotatable bonds is 1. The van der Waals surface area contributed by atoms with Gasteiger partial charge < -0.3 is 19.0 Å². The largest absolute Gasteiger partial charge is 0.508 e. The number of phenols is 1. The fraction of sp³-hybridized carbons (Fsp3) is 0.125. The van der Waals surface area contributed by atoms with Gasteiger partial charge in [0.2, 0.25) is 0 Å². The van der Waals surface area contributed by atoms with Gasteiger partial charge in [0.25, 0.3) is 0 Å². The number of benzene rings is 2. The van der Waals surface area contributed by atoms with Crippen molar-refractivity contribution in [3.63, 3.8) is 0 Å². The molecule has 0 bridgehead atoms. The lowest BCUT2D eigenvalue weighted by atomic mass is 10.0. The van der Waals surface area contributed by atoms with E-state index in [9.17, 15) is 5.11 Å². The monoisotopic (exact) mass is 268 g/mol. The van der Waals surface area contributed by atoms with Gasteiger partial charge >= 0.3 is 0 Å². The highest BCUT2D eigenvalue weighted by molar-refractivity contribution is 5.90. The van der Waals surface area contributed by atoms with E-state index in [1.807, 2.05) is 24.3 Å². The Morgan fingerprint density at radius 2 is 2.05 bits per heavy atom. The van der Waals surface area contributed by atoms with Crippen molar-refractivity contribution in [3.8, 4) is 28.6 Å². The van der Waals surface area contributed by atoms with Crippen LogP contribution in [0.4, 0.5) is 0 Å². The van der Waals surface area contributed by atoms with Crippen molar-refractivity contribution in [1.29, 1.82) is 0 Å². The minimum absolute atomic E-state index is 0.185. The molecule has 1 N–H and O–H groups in total. The van der Waals surface area contributed by atoms with Crippen molar-refractivity contribution < 1.29 is 19.0 Å². The summed E-state index contributed by atoms with van der Waals surface area (Å²) in [5, 5.41) is 10.5. The van der Waals surface area contributed by atoms with Crippen molar-refractivity contribution >= 4 is 11.0 Å². The van der Waals surface area contributed by atoms with E-state index in [4.69, 9.17) is 13.9 Å². The molecule has 0 amide bonds. The minimum atomic E-state index is 0.185. The lowest BCUT2D eigenvalue weighted by Crippen LogP contribution is -2.03. The summed E-state index contributed by atoms with van der Waals surface area (Å²) in [5.74, 6) is 2.39.